The fourth-order valence-electron chi connectivity index (χ4n) is 0. The molecule has 0 amide bonds. The largest absolute Gasteiger partial charge is 2.00 e. The van der Waals surface area contributed by atoms with E-state index in [1.165, 1.54) is 0 Å². The van der Waals surface area contributed by atoms with E-state index in [0.29, 0.717) is 0 Å². The van der Waals surface area contributed by atoms with Crippen molar-refractivity contribution < 1.29 is 71.4 Å². The van der Waals surface area contributed by atoms with Crippen molar-refractivity contribution in [2.24, 2.45) is 0 Å². The van der Waals surface area contributed by atoms with Crippen LogP contribution >= 0.6 is 29.4 Å². The van der Waals surface area contributed by atoms with Crippen LogP contribution in [0.1, 0.15) is 5.71 Å². The van der Waals surface area contributed by atoms with Gasteiger partial charge in [0.15, 0.2) is 0 Å². The van der Waals surface area contributed by atoms with E-state index in [0.717, 1.165) is 0 Å². The molecular weight excluding hydrogens is 388 g/mol. The van der Waals surface area contributed by atoms with Gasteiger partial charge >= 0.3 is 75.5 Å². The van der Waals surface area contributed by atoms with Crippen LogP contribution in [0.5, 0.6) is 0 Å². The predicted molar refractivity (Wildman–Crippen MR) is 76.9 cm³/mol. The Morgan fingerprint density at radius 2 is 0.312 bits per heavy atom. The van der Waals surface area contributed by atoms with Crippen molar-refractivity contribution in [1.29, 1.82) is 0 Å². The monoisotopic (exact) mass is 416 g/mol. The Morgan fingerprint density at radius 3 is 0.312 bits per heavy atom. The minimum Gasteiger partial charge on any atom is -1.00 e. The minimum absolute atomic E-state index is 0. The topological polar surface area (TPSA) is 378 Å². The molecule has 0 unspecified atom stereocenters. The molecule has 0 radical (unpaired) electrons. The third-order valence-corrected chi connectivity index (χ3v) is 0. The van der Waals surface area contributed by atoms with Crippen molar-refractivity contribution in [3.05, 3.63) is 0 Å². The van der Waals surface area contributed by atoms with Gasteiger partial charge in [-0.1, -0.05) is 0 Å². The summed E-state index contributed by atoms with van der Waals surface area (Å²) < 4.78 is 0. The van der Waals surface area contributed by atoms with Gasteiger partial charge in [-0.3, -0.25) is 0 Å². The van der Waals surface area contributed by atoms with Crippen LogP contribution < -0.4 is 0 Å². The predicted octanol–water partition coefficient (Wildman–Crippen LogP) is -9.21. The molecule has 0 aromatic heterocycles. The van der Waals surface area contributed by atoms with Crippen LogP contribution in [0.3, 0.4) is 0 Å². The van der Waals surface area contributed by atoms with Gasteiger partial charge in [0, 0.05) is 0 Å². The molecule has 0 bridgehead atoms. The van der Waals surface area contributed by atoms with E-state index in [9.17, 15) is 0 Å². The Morgan fingerprint density at radius 1 is 0.312 bits per heavy atom. The summed E-state index contributed by atoms with van der Waals surface area (Å²) >= 11 is 0. The van der Waals surface area contributed by atoms with Crippen LogP contribution in [0.4, 0.5) is 0 Å². The second-order valence-electron chi connectivity index (χ2n) is 0. The normalized spacial score (nSPS) is 0. The van der Waals surface area contributed by atoms with Gasteiger partial charge in [0.05, 0.1) is 0 Å². The molecule has 0 aliphatic heterocycles. The molecule has 0 aliphatic carbocycles. The molecule has 0 aromatic rings. The number of hydrogen-bond donors (Lipinski definition) is 0. The molecule has 12 nitrogen and oxygen atoms in total. The van der Waals surface area contributed by atoms with E-state index in [1.807, 2.05) is 0 Å². The molecule has 0 rings (SSSR count). The summed E-state index contributed by atoms with van der Waals surface area (Å²) in [6, 6.07) is 0. The first kappa shape index (κ1) is 756. The SMILES string of the molecule is Br.Cl.O.O.O.O.O.O.O.O.O.O.O.O.[Ca+2].[Ca+2].[H-].[H-].[H-].[H-]. The second-order valence-corrected chi connectivity index (χ2v) is 0. The maximum atomic E-state index is 0. The first-order valence-corrected chi connectivity index (χ1v) is 0. The van der Waals surface area contributed by atoms with Gasteiger partial charge in [0.25, 0.3) is 0 Å². The Bertz CT molecular complexity index is 33.4. The summed E-state index contributed by atoms with van der Waals surface area (Å²) in [5.41, 5.74) is 0. The zero-order chi connectivity index (χ0) is 0. The van der Waals surface area contributed by atoms with Crippen LogP contribution in [0, 0.1) is 0 Å². The maximum absolute atomic E-state index is 0. The molecule has 0 saturated heterocycles. The first-order chi connectivity index (χ1) is 0. The summed E-state index contributed by atoms with van der Waals surface area (Å²) in [5, 5.41) is 0. The molecule has 16 heavy (non-hydrogen) atoms. The number of rotatable bonds is 0. The molecule has 0 aliphatic rings. The Kier molecular flexibility index (Phi) is 30100. The molecule has 0 heterocycles. The van der Waals surface area contributed by atoms with Gasteiger partial charge in [-0.2, -0.15) is 0 Å². The van der Waals surface area contributed by atoms with E-state index in [-0.39, 0.29) is 176 Å². The summed E-state index contributed by atoms with van der Waals surface area (Å²) in [5.74, 6) is 0. The summed E-state index contributed by atoms with van der Waals surface area (Å²) in [7, 11) is 0. The second kappa shape index (κ2) is 638. The third kappa shape index (κ3) is 532. The molecule has 16 heteroatoms. The Labute approximate surface area is 174 Å². The van der Waals surface area contributed by atoms with Crippen LogP contribution in [0.2, 0.25) is 0 Å². The van der Waals surface area contributed by atoms with Gasteiger partial charge in [-0.15, -0.1) is 29.4 Å². The molecular formula is H30BrCa2ClO12. The molecule has 120 valence electrons. The van der Waals surface area contributed by atoms with Gasteiger partial charge in [0.2, 0.25) is 0 Å². The van der Waals surface area contributed by atoms with Crippen molar-refractivity contribution >= 4 is 105 Å². The summed E-state index contributed by atoms with van der Waals surface area (Å²) in [4.78, 5) is 0. The van der Waals surface area contributed by atoms with E-state index in [4.69, 9.17) is 0 Å². The molecule has 0 saturated carbocycles. The van der Waals surface area contributed by atoms with Crippen molar-refractivity contribution in [2.75, 3.05) is 0 Å². The standard InChI is InChI=1S/BrH.2Ca.ClH.12H2O.4H/h1H;;;1H;12*1H2;;;;/q;2*+2;;;;;;;;;;;;;;4*-1. The van der Waals surface area contributed by atoms with Gasteiger partial charge < -0.3 is 71.4 Å². The molecule has 0 atom stereocenters. The van der Waals surface area contributed by atoms with Crippen molar-refractivity contribution in [2.45, 2.75) is 0 Å². The van der Waals surface area contributed by atoms with Crippen LogP contribution in [0.25, 0.3) is 0 Å². The van der Waals surface area contributed by atoms with E-state index in [1.54, 1.807) is 0 Å². The van der Waals surface area contributed by atoms with Crippen LogP contribution in [-0.4, -0.2) is 141 Å². The Balaban J connectivity index is 0. The van der Waals surface area contributed by atoms with Gasteiger partial charge in [-0.05, 0) is 0 Å². The summed E-state index contributed by atoms with van der Waals surface area (Å²) in [6.07, 6.45) is 0. The van der Waals surface area contributed by atoms with Crippen molar-refractivity contribution in [3.63, 3.8) is 0 Å². The van der Waals surface area contributed by atoms with E-state index in [2.05, 4.69) is 0 Å². The van der Waals surface area contributed by atoms with E-state index >= 15 is 0 Å². The fraction of sp³-hybridized carbons (Fsp3) is 0. The zero-order valence-electron chi connectivity index (χ0n) is 12.2. The average molecular weight is 418 g/mol. The average Bonchev–Trinajstić information content (AvgIpc) is 0. The van der Waals surface area contributed by atoms with Gasteiger partial charge in [-0.25, -0.2) is 0 Å². The smallest absolute Gasteiger partial charge is 1.00 e. The zero-order valence-corrected chi connectivity index (χ0v) is 15.2. The molecule has 0 aromatic carbocycles. The number of halogens is 2. The molecule has 0 fully saturated rings. The quantitative estimate of drug-likeness (QED) is 0.331. The first-order valence-electron chi connectivity index (χ1n) is 0. The van der Waals surface area contributed by atoms with Gasteiger partial charge in [0.1, 0.15) is 0 Å². The minimum atomic E-state index is 0. The third-order valence-electron chi connectivity index (χ3n) is 0. The maximum Gasteiger partial charge on any atom is 2.00 e. The summed E-state index contributed by atoms with van der Waals surface area (Å²) in [6.45, 7) is 0. The van der Waals surface area contributed by atoms with E-state index < -0.39 is 0 Å². The fourth-order valence-corrected chi connectivity index (χ4v) is 0. The molecule has 24 N–H and O–H groups in total. The Hall–Kier alpha value is 2.81. The molecule has 0 spiro atoms. The van der Waals surface area contributed by atoms with Crippen molar-refractivity contribution in [3.8, 4) is 0 Å². The van der Waals surface area contributed by atoms with Crippen LogP contribution in [0.15, 0.2) is 0 Å². The number of hydrogen-bond acceptors (Lipinski definition) is 0. The van der Waals surface area contributed by atoms with Crippen molar-refractivity contribution in [1.82, 2.24) is 0 Å². The van der Waals surface area contributed by atoms with Crippen LogP contribution in [-0.2, 0) is 0 Å².